The minimum atomic E-state index is -1.04. The highest BCUT2D eigenvalue weighted by Crippen LogP contribution is 2.36. The van der Waals surface area contributed by atoms with Crippen LogP contribution in [0.25, 0.3) is 0 Å². The number of rotatable bonds is 3. The standard InChI is InChI=1S/C13H13N3O4/c1-13(12(17)18)5-2-6-15(13)10-3-4-11(16(19)20)9(7-10)8-14/h3-4,7H,2,5-6H2,1H3,(H,17,18). The summed E-state index contributed by atoms with van der Waals surface area (Å²) >= 11 is 0. The SMILES string of the molecule is CC1(C(=O)O)CCCN1c1ccc([N+](=O)[O-])c(C#N)c1. The van der Waals surface area contributed by atoms with E-state index in [0.29, 0.717) is 18.7 Å². The summed E-state index contributed by atoms with van der Waals surface area (Å²) in [4.78, 5) is 23.3. The van der Waals surface area contributed by atoms with Crippen LogP contribution in [0.2, 0.25) is 0 Å². The van der Waals surface area contributed by atoms with E-state index >= 15 is 0 Å². The fourth-order valence-electron chi connectivity index (χ4n) is 2.54. The van der Waals surface area contributed by atoms with E-state index in [4.69, 9.17) is 5.26 Å². The second kappa shape index (κ2) is 4.81. The number of carbonyl (C=O) groups is 1. The molecule has 0 spiro atoms. The number of anilines is 1. The molecule has 1 atom stereocenters. The molecule has 1 aromatic rings. The summed E-state index contributed by atoms with van der Waals surface area (Å²) in [5.41, 5.74) is -0.850. The Hall–Kier alpha value is -2.62. The van der Waals surface area contributed by atoms with Gasteiger partial charge in [0, 0.05) is 18.3 Å². The molecule has 1 N–H and O–H groups in total. The summed E-state index contributed by atoms with van der Waals surface area (Å²) in [6.45, 7) is 2.17. The third kappa shape index (κ3) is 2.05. The Labute approximate surface area is 115 Å². The predicted molar refractivity (Wildman–Crippen MR) is 70.4 cm³/mol. The van der Waals surface area contributed by atoms with Gasteiger partial charge >= 0.3 is 5.97 Å². The molecule has 2 rings (SSSR count). The van der Waals surface area contributed by atoms with Gasteiger partial charge in [0.05, 0.1) is 4.92 Å². The number of benzene rings is 1. The van der Waals surface area contributed by atoms with E-state index in [1.54, 1.807) is 17.9 Å². The lowest BCUT2D eigenvalue weighted by molar-refractivity contribution is -0.385. The molecule has 20 heavy (non-hydrogen) atoms. The Morgan fingerprint density at radius 2 is 2.30 bits per heavy atom. The number of hydrogen-bond donors (Lipinski definition) is 1. The molecule has 0 aromatic heterocycles. The summed E-state index contributed by atoms with van der Waals surface area (Å²) in [5, 5.41) is 29.1. The van der Waals surface area contributed by atoms with E-state index in [9.17, 15) is 20.0 Å². The fourth-order valence-corrected chi connectivity index (χ4v) is 2.54. The van der Waals surface area contributed by atoms with Crippen molar-refractivity contribution in [3.63, 3.8) is 0 Å². The van der Waals surface area contributed by atoms with Crippen molar-refractivity contribution < 1.29 is 14.8 Å². The topological polar surface area (TPSA) is 107 Å². The Morgan fingerprint density at radius 1 is 1.60 bits per heavy atom. The highest BCUT2D eigenvalue weighted by molar-refractivity contribution is 5.84. The molecule has 7 nitrogen and oxygen atoms in total. The van der Waals surface area contributed by atoms with Crippen LogP contribution in [0.5, 0.6) is 0 Å². The van der Waals surface area contributed by atoms with Crippen molar-refractivity contribution in [2.45, 2.75) is 25.3 Å². The summed E-state index contributed by atoms with van der Waals surface area (Å²) in [6.07, 6.45) is 1.23. The molecule has 1 aromatic carbocycles. The quantitative estimate of drug-likeness (QED) is 0.666. The first-order chi connectivity index (χ1) is 9.40. The number of hydrogen-bond acceptors (Lipinski definition) is 5. The van der Waals surface area contributed by atoms with Gasteiger partial charge in [-0.1, -0.05) is 0 Å². The average molecular weight is 275 g/mol. The van der Waals surface area contributed by atoms with E-state index in [1.807, 2.05) is 0 Å². The summed E-state index contributed by atoms with van der Waals surface area (Å²) in [5.74, 6) is -0.938. The van der Waals surface area contributed by atoms with Crippen molar-refractivity contribution in [2.75, 3.05) is 11.4 Å². The van der Waals surface area contributed by atoms with Gasteiger partial charge in [0.25, 0.3) is 5.69 Å². The number of nitro benzene ring substituents is 1. The molecule has 104 valence electrons. The second-order valence-electron chi connectivity index (χ2n) is 4.90. The lowest BCUT2D eigenvalue weighted by Gasteiger charge is -2.33. The van der Waals surface area contributed by atoms with Crippen LogP contribution in [0.15, 0.2) is 18.2 Å². The lowest BCUT2D eigenvalue weighted by Crippen LogP contribution is -2.48. The molecular formula is C13H13N3O4. The maximum atomic E-state index is 11.4. The number of nitriles is 1. The van der Waals surface area contributed by atoms with Crippen LogP contribution >= 0.6 is 0 Å². The van der Waals surface area contributed by atoms with Crippen LogP contribution in [0.3, 0.4) is 0 Å². The molecule has 0 saturated carbocycles. The maximum absolute atomic E-state index is 11.4. The molecule has 1 saturated heterocycles. The number of aliphatic carboxylic acids is 1. The zero-order valence-corrected chi connectivity index (χ0v) is 10.9. The van der Waals surface area contributed by atoms with Gasteiger partial charge in [-0.2, -0.15) is 5.26 Å². The average Bonchev–Trinajstić information content (AvgIpc) is 2.81. The van der Waals surface area contributed by atoms with E-state index in [0.717, 1.165) is 6.42 Å². The van der Waals surface area contributed by atoms with Crippen molar-refractivity contribution in [3.05, 3.63) is 33.9 Å². The Balaban J connectivity index is 2.47. The van der Waals surface area contributed by atoms with Gasteiger partial charge < -0.3 is 10.0 Å². The van der Waals surface area contributed by atoms with Crippen molar-refractivity contribution in [2.24, 2.45) is 0 Å². The maximum Gasteiger partial charge on any atom is 0.329 e. The van der Waals surface area contributed by atoms with Gasteiger partial charge in [-0.15, -0.1) is 0 Å². The normalized spacial score (nSPS) is 21.5. The van der Waals surface area contributed by atoms with Crippen LogP contribution in [-0.2, 0) is 4.79 Å². The Morgan fingerprint density at radius 3 is 2.85 bits per heavy atom. The van der Waals surface area contributed by atoms with Crippen LogP contribution < -0.4 is 4.90 Å². The highest BCUT2D eigenvalue weighted by atomic mass is 16.6. The first-order valence-electron chi connectivity index (χ1n) is 6.10. The monoisotopic (exact) mass is 275 g/mol. The van der Waals surface area contributed by atoms with Crippen LogP contribution in [0.4, 0.5) is 11.4 Å². The minimum absolute atomic E-state index is 0.0628. The number of nitro groups is 1. The van der Waals surface area contributed by atoms with E-state index in [2.05, 4.69) is 0 Å². The van der Waals surface area contributed by atoms with Crippen molar-refractivity contribution in [3.8, 4) is 6.07 Å². The Kier molecular flexibility index (Phi) is 3.32. The van der Waals surface area contributed by atoms with Gasteiger partial charge in [-0.3, -0.25) is 10.1 Å². The largest absolute Gasteiger partial charge is 0.480 e. The summed E-state index contributed by atoms with van der Waals surface area (Å²) < 4.78 is 0. The zero-order valence-electron chi connectivity index (χ0n) is 10.9. The molecule has 0 radical (unpaired) electrons. The molecule has 0 bridgehead atoms. The van der Waals surface area contributed by atoms with Gasteiger partial charge in [0.2, 0.25) is 0 Å². The summed E-state index contributed by atoms with van der Waals surface area (Å²) in [6, 6.07) is 5.90. The van der Waals surface area contributed by atoms with Gasteiger partial charge in [-0.25, -0.2) is 4.79 Å². The van der Waals surface area contributed by atoms with Gasteiger partial charge in [-0.05, 0) is 31.9 Å². The number of carboxylic acid groups (broad SMARTS) is 1. The first-order valence-corrected chi connectivity index (χ1v) is 6.10. The Bertz CT molecular complexity index is 623. The highest BCUT2D eigenvalue weighted by Gasteiger charge is 2.43. The van der Waals surface area contributed by atoms with Gasteiger partial charge in [0.1, 0.15) is 17.2 Å². The third-order valence-electron chi connectivity index (χ3n) is 3.71. The molecule has 7 heteroatoms. The number of carboxylic acids is 1. The van der Waals surface area contributed by atoms with E-state index in [-0.39, 0.29) is 11.3 Å². The third-order valence-corrected chi connectivity index (χ3v) is 3.71. The lowest BCUT2D eigenvalue weighted by atomic mass is 9.98. The van der Waals surface area contributed by atoms with E-state index in [1.165, 1.54) is 18.2 Å². The van der Waals surface area contributed by atoms with Gasteiger partial charge in [0.15, 0.2) is 0 Å². The smallest absolute Gasteiger partial charge is 0.329 e. The van der Waals surface area contributed by atoms with E-state index < -0.39 is 16.4 Å². The molecule has 1 heterocycles. The molecule has 0 aliphatic carbocycles. The van der Waals surface area contributed by atoms with Crippen LogP contribution in [0, 0.1) is 21.4 Å². The van der Waals surface area contributed by atoms with Crippen LogP contribution in [-0.4, -0.2) is 28.1 Å². The second-order valence-corrected chi connectivity index (χ2v) is 4.90. The van der Waals surface area contributed by atoms with Crippen molar-refractivity contribution in [1.82, 2.24) is 0 Å². The molecule has 0 amide bonds. The predicted octanol–water partition coefficient (Wildman–Crippen LogP) is 1.91. The van der Waals surface area contributed by atoms with Crippen molar-refractivity contribution in [1.29, 1.82) is 5.26 Å². The first kappa shape index (κ1) is 13.8. The molecular weight excluding hydrogens is 262 g/mol. The fraction of sp³-hybridized carbons (Fsp3) is 0.385. The van der Waals surface area contributed by atoms with Crippen LogP contribution in [0.1, 0.15) is 25.3 Å². The number of nitrogens with zero attached hydrogens (tertiary/aromatic N) is 3. The zero-order chi connectivity index (χ0) is 14.9. The summed E-state index contributed by atoms with van der Waals surface area (Å²) in [7, 11) is 0. The molecule has 1 aliphatic rings. The molecule has 1 fully saturated rings. The van der Waals surface area contributed by atoms with Crippen molar-refractivity contribution >= 4 is 17.3 Å². The minimum Gasteiger partial charge on any atom is -0.480 e. The molecule has 1 aliphatic heterocycles. The molecule has 1 unspecified atom stereocenters.